The minimum Gasteiger partial charge on any atom is -0.369 e. The molecule has 1 atom stereocenters. The van der Waals surface area contributed by atoms with Crippen LogP contribution in [-0.2, 0) is 10.0 Å². The molecular weight excluding hydrogens is 521 g/mol. The molecule has 0 saturated carbocycles. The van der Waals surface area contributed by atoms with E-state index < -0.39 is 10.0 Å². The fourth-order valence-corrected chi connectivity index (χ4v) is 5.94. The Labute approximate surface area is 196 Å². The zero-order valence-electron chi connectivity index (χ0n) is 16.9. The number of sulfonamides is 1. The summed E-state index contributed by atoms with van der Waals surface area (Å²) < 4.78 is 26.5. The Kier molecular flexibility index (Phi) is 10.3. The van der Waals surface area contributed by atoms with Gasteiger partial charge in [-0.3, -0.25) is 4.99 Å². The number of benzene rings is 1. The predicted octanol–water partition coefficient (Wildman–Crippen LogP) is 1.82. The average molecular weight is 554 g/mol. The lowest BCUT2D eigenvalue weighted by Crippen LogP contribution is -2.45. The van der Waals surface area contributed by atoms with Crippen molar-refractivity contribution in [2.45, 2.75) is 19.4 Å². The van der Waals surface area contributed by atoms with Crippen molar-refractivity contribution in [2.24, 2.45) is 4.99 Å². The van der Waals surface area contributed by atoms with Gasteiger partial charge in [0, 0.05) is 56.0 Å². The first-order valence-electron chi connectivity index (χ1n) is 9.99. The Bertz CT molecular complexity index is 742. The van der Waals surface area contributed by atoms with E-state index in [2.05, 4.69) is 44.8 Å². The molecule has 2 heterocycles. The third-order valence-electron chi connectivity index (χ3n) is 4.98. The van der Waals surface area contributed by atoms with E-state index in [0.717, 1.165) is 37.6 Å². The molecule has 1 aromatic rings. The molecule has 0 bridgehead atoms. The van der Waals surface area contributed by atoms with Crippen LogP contribution in [0.2, 0.25) is 0 Å². The highest BCUT2D eigenvalue weighted by Crippen LogP contribution is 2.19. The van der Waals surface area contributed by atoms with Gasteiger partial charge in [0.2, 0.25) is 10.0 Å². The Hall–Kier alpha value is -0.720. The third-order valence-corrected chi connectivity index (χ3v) is 7.77. The summed E-state index contributed by atoms with van der Waals surface area (Å²) in [6, 6.07) is 10.7. The zero-order valence-corrected chi connectivity index (χ0v) is 20.9. The van der Waals surface area contributed by atoms with E-state index in [0.29, 0.717) is 25.1 Å². The van der Waals surface area contributed by atoms with E-state index in [-0.39, 0.29) is 36.3 Å². The molecule has 2 fully saturated rings. The zero-order chi connectivity index (χ0) is 19.8. The van der Waals surface area contributed by atoms with Crippen molar-refractivity contribution in [1.29, 1.82) is 0 Å². The average Bonchev–Trinajstić information content (AvgIpc) is 3.18. The lowest BCUT2D eigenvalue weighted by Gasteiger charge is -2.25. The molecule has 3 rings (SSSR count). The van der Waals surface area contributed by atoms with Crippen LogP contribution in [0, 0.1) is 0 Å². The first kappa shape index (κ1) is 24.5. The Morgan fingerprint density at radius 1 is 1.21 bits per heavy atom. The number of guanidine groups is 1. The molecular formula is C19H32IN5O2S2. The third kappa shape index (κ3) is 7.48. The largest absolute Gasteiger partial charge is 0.369 e. The number of rotatable bonds is 7. The van der Waals surface area contributed by atoms with Crippen molar-refractivity contribution in [3.8, 4) is 0 Å². The number of thioether (sulfide) groups is 1. The van der Waals surface area contributed by atoms with Gasteiger partial charge in [-0.25, -0.2) is 12.7 Å². The van der Waals surface area contributed by atoms with Gasteiger partial charge in [0.1, 0.15) is 0 Å². The number of hydrogen-bond acceptors (Lipinski definition) is 5. The lowest BCUT2D eigenvalue weighted by atomic mass is 10.3. The first-order chi connectivity index (χ1) is 13.6. The molecule has 1 unspecified atom stereocenters. The first-order valence-corrected chi connectivity index (χ1v) is 12.8. The summed E-state index contributed by atoms with van der Waals surface area (Å²) in [4.78, 5) is 6.88. The monoisotopic (exact) mass is 553 g/mol. The van der Waals surface area contributed by atoms with Crippen LogP contribution in [0.15, 0.2) is 35.3 Å². The van der Waals surface area contributed by atoms with Crippen LogP contribution in [0.1, 0.15) is 13.3 Å². The second-order valence-electron chi connectivity index (χ2n) is 7.00. The van der Waals surface area contributed by atoms with E-state index in [4.69, 9.17) is 0 Å². The Balaban J connectivity index is 0.00000300. The molecule has 2 aliphatic rings. The van der Waals surface area contributed by atoms with Crippen LogP contribution in [0.25, 0.3) is 0 Å². The van der Waals surface area contributed by atoms with Crippen molar-refractivity contribution < 1.29 is 8.42 Å². The maximum Gasteiger partial charge on any atom is 0.215 e. The minimum atomic E-state index is -3.22. The number of aliphatic imine (C=N–C) groups is 1. The van der Waals surface area contributed by atoms with Gasteiger partial charge in [0.05, 0.1) is 12.3 Å². The fraction of sp³-hybridized carbons (Fsp3) is 0.632. The van der Waals surface area contributed by atoms with Crippen LogP contribution in [0.5, 0.6) is 0 Å². The summed E-state index contributed by atoms with van der Waals surface area (Å²) in [6.45, 7) is 6.19. The van der Waals surface area contributed by atoms with Gasteiger partial charge in [-0.05, 0) is 25.5 Å². The summed E-state index contributed by atoms with van der Waals surface area (Å²) >= 11 is 1.81. The lowest BCUT2D eigenvalue weighted by molar-refractivity contribution is 0.444. The van der Waals surface area contributed by atoms with E-state index in [1.165, 1.54) is 5.69 Å². The molecule has 0 amide bonds. The van der Waals surface area contributed by atoms with Crippen molar-refractivity contribution in [2.75, 3.05) is 61.4 Å². The molecule has 2 aliphatic heterocycles. The highest BCUT2D eigenvalue weighted by molar-refractivity contribution is 14.0. The van der Waals surface area contributed by atoms with Crippen LogP contribution in [0.3, 0.4) is 0 Å². The molecule has 0 aliphatic carbocycles. The van der Waals surface area contributed by atoms with Crippen LogP contribution < -0.4 is 15.5 Å². The summed E-state index contributed by atoms with van der Waals surface area (Å²) in [6.07, 6.45) is 1.03. The number of para-hydroxylation sites is 1. The molecule has 29 heavy (non-hydrogen) atoms. The maximum atomic E-state index is 12.5. The second kappa shape index (κ2) is 12.2. The summed E-state index contributed by atoms with van der Waals surface area (Å²) in [5.41, 5.74) is 1.24. The van der Waals surface area contributed by atoms with Gasteiger partial charge in [-0.1, -0.05) is 18.2 Å². The van der Waals surface area contributed by atoms with Crippen LogP contribution >= 0.6 is 35.7 Å². The number of halogens is 1. The Morgan fingerprint density at radius 3 is 2.62 bits per heavy atom. The standard InChI is InChI=1S/C19H31N5O2S2.HI/c1-2-20-19(21-9-15-28(25,26)24-11-13-27-14-12-24)22-17-8-10-23(16-17)18-6-4-3-5-7-18;/h3-7,17H,2,8-16H2,1H3,(H2,20,21,22);1H. The van der Waals surface area contributed by atoms with Gasteiger partial charge in [0.25, 0.3) is 0 Å². The minimum absolute atomic E-state index is 0. The van der Waals surface area contributed by atoms with Gasteiger partial charge < -0.3 is 15.5 Å². The molecule has 10 heteroatoms. The number of hydrogen-bond donors (Lipinski definition) is 2. The molecule has 2 N–H and O–H groups in total. The summed E-state index contributed by atoms with van der Waals surface area (Å²) in [5, 5.41) is 6.71. The van der Waals surface area contributed by atoms with Crippen molar-refractivity contribution >= 4 is 57.4 Å². The summed E-state index contributed by atoms with van der Waals surface area (Å²) in [7, 11) is -3.22. The quantitative estimate of drug-likeness (QED) is 0.305. The number of nitrogens with one attached hydrogen (secondary N) is 2. The summed E-state index contributed by atoms with van der Waals surface area (Å²) in [5.74, 6) is 2.53. The Morgan fingerprint density at radius 2 is 1.93 bits per heavy atom. The van der Waals surface area contributed by atoms with E-state index >= 15 is 0 Å². The van der Waals surface area contributed by atoms with Crippen molar-refractivity contribution in [3.05, 3.63) is 30.3 Å². The smallest absolute Gasteiger partial charge is 0.215 e. The number of anilines is 1. The normalized spacial score (nSPS) is 20.9. The van der Waals surface area contributed by atoms with Crippen LogP contribution in [0.4, 0.5) is 5.69 Å². The predicted molar refractivity (Wildman–Crippen MR) is 134 cm³/mol. The molecule has 164 valence electrons. The highest BCUT2D eigenvalue weighted by atomic mass is 127. The van der Waals surface area contributed by atoms with Crippen molar-refractivity contribution in [3.63, 3.8) is 0 Å². The molecule has 0 spiro atoms. The van der Waals surface area contributed by atoms with Gasteiger partial charge >= 0.3 is 0 Å². The van der Waals surface area contributed by atoms with E-state index in [9.17, 15) is 8.42 Å². The molecule has 0 aromatic heterocycles. The van der Waals surface area contributed by atoms with E-state index in [1.54, 1.807) is 4.31 Å². The highest BCUT2D eigenvalue weighted by Gasteiger charge is 2.25. The van der Waals surface area contributed by atoms with Gasteiger partial charge in [0.15, 0.2) is 5.96 Å². The van der Waals surface area contributed by atoms with Gasteiger partial charge in [-0.15, -0.1) is 24.0 Å². The maximum absolute atomic E-state index is 12.5. The second-order valence-corrected chi connectivity index (χ2v) is 10.3. The molecule has 7 nitrogen and oxygen atoms in total. The molecule has 1 aromatic carbocycles. The number of nitrogens with zero attached hydrogens (tertiary/aromatic N) is 3. The van der Waals surface area contributed by atoms with Crippen molar-refractivity contribution in [1.82, 2.24) is 14.9 Å². The molecule has 2 saturated heterocycles. The van der Waals surface area contributed by atoms with Crippen LogP contribution in [-0.4, -0.2) is 81.3 Å². The van der Waals surface area contributed by atoms with Gasteiger partial charge in [-0.2, -0.15) is 11.8 Å². The topological polar surface area (TPSA) is 77.0 Å². The molecule has 0 radical (unpaired) electrons. The SMILES string of the molecule is CCNC(=NCCS(=O)(=O)N1CCSCC1)NC1CCN(c2ccccc2)C1.I. The van der Waals surface area contributed by atoms with E-state index in [1.807, 2.05) is 24.8 Å². The fourth-order valence-electron chi connectivity index (χ4n) is 3.49.